The predicted octanol–water partition coefficient (Wildman–Crippen LogP) is 3.55. The molecule has 1 aromatic carbocycles. The van der Waals surface area contributed by atoms with Gasteiger partial charge in [0.15, 0.2) is 0 Å². The molecule has 1 N–H and O–H groups in total. The van der Waals surface area contributed by atoms with Crippen molar-refractivity contribution in [3.63, 3.8) is 0 Å². The Balaban J connectivity index is 2.32. The normalized spacial score (nSPS) is 11.4. The minimum Gasteiger partial charge on any atom is -0.459 e. The fraction of sp³-hybridized carbons (Fsp3) is 0.412. The van der Waals surface area contributed by atoms with Gasteiger partial charge in [0, 0.05) is 24.0 Å². The zero-order valence-electron chi connectivity index (χ0n) is 12.7. The zero-order valence-corrected chi connectivity index (χ0v) is 12.7. The quantitative estimate of drug-likeness (QED) is 0.781. The second-order valence-corrected chi connectivity index (χ2v) is 5.29. The van der Waals surface area contributed by atoms with Crippen molar-refractivity contribution in [1.29, 1.82) is 0 Å². The number of nitrogens with zero attached hydrogens (tertiary/aromatic N) is 1. The van der Waals surface area contributed by atoms with Crippen LogP contribution in [0.4, 0.5) is 0 Å². The van der Waals surface area contributed by atoms with E-state index in [2.05, 4.69) is 42.8 Å². The third kappa shape index (κ3) is 3.30. The molecule has 0 amide bonds. The van der Waals surface area contributed by atoms with E-state index in [9.17, 15) is 0 Å². The first-order valence-electron chi connectivity index (χ1n) is 7.16. The second kappa shape index (κ2) is 6.73. The first-order valence-corrected chi connectivity index (χ1v) is 7.16. The number of hydrogen-bond acceptors (Lipinski definition) is 3. The van der Waals surface area contributed by atoms with Crippen molar-refractivity contribution in [3.8, 4) is 0 Å². The maximum absolute atomic E-state index is 6.05. The van der Waals surface area contributed by atoms with E-state index in [1.54, 1.807) is 0 Å². The van der Waals surface area contributed by atoms with Gasteiger partial charge in [0.25, 0.3) is 0 Å². The molecule has 0 aliphatic heterocycles. The third-order valence-corrected chi connectivity index (χ3v) is 3.44. The minimum absolute atomic E-state index is 0.828. The summed E-state index contributed by atoms with van der Waals surface area (Å²) < 4.78 is 6.05. The summed E-state index contributed by atoms with van der Waals surface area (Å²) in [5.41, 5.74) is 3.42. The van der Waals surface area contributed by atoms with Crippen LogP contribution in [0.25, 0.3) is 11.0 Å². The van der Waals surface area contributed by atoms with Gasteiger partial charge in [-0.15, -0.1) is 0 Å². The maximum Gasteiger partial charge on any atom is 0.134 e. The van der Waals surface area contributed by atoms with Gasteiger partial charge in [-0.1, -0.05) is 37.3 Å². The first-order chi connectivity index (χ1) is 9.65. The van der Waals surface area contributed by atoms with Crippen molar-refractivity contribution in [1.82, 2.24) is 10.2 Å². The van der Waals surface area contributed by atoms with E-state index in [0.717, 1.165) is 37.5 Å². The van der Waals surface area contributed by atoms with E-state index in [4.69, 9.17) is 4.42 Å². The summed E-state index contributed by atoms with van der Waals surface area (Å²) in [6.07, 6.45) is 0. The first kappa shape index (κ1) is 14.8. The molecular weight excluding hydrogens is 248 g/mol. The summed E-state index contributed by atoms with van der Waals surface area (Å²) >= 11 is 0. The van der Waals surface area contributed by atoms with Crippen molar-refractivity contribution in [2.45, 2.75) is 26.9 Å². The van der Waals surface area contributed by atoms with Crippen LogP contribution in [0.1, 0.15) is 25.2 Å². The fourth-order valence-electron chi connectivity index (χ4n) is 2.51. The average Bonchev–Trinajstić information content (AvgIpc) is 2.76. The van der Waals surface area contributed by atoms with Crippen LogP contribution in [0.2, 0.25) is 0 Å². The molecular formula is C17H24N2O. The van der Waals surface area contributed by atoms with Crippen molar-refractivity contribution in [3.05, 3.63) is 47.7 Å². The highest BCUT2D eigenvalue weighted by atomic mass is 16.3. The number of nitrogens with one attached hydrogen (secondary N) is 1. The van der Waals surface area contributed by atoms with Gasteiger partial charge in [0.2, 0.25) is 0 Å². The Bertz CT molecular complexity index is 586. The average molecular weight is 272 g/mol. The lowest BCUT2D eigenvalue weighted by Gasteiger charge is -2.19. The summed E-state index contributed by atoms with van der Waals surface area (Å²) in [5, 5.41) is 4.45. The van der Waals surface area contributed by atoms with Crippen LogP contribution >= 0.6 is 0 Å². The molecule has 0 radical (unpaired) electrons. The van der Waals surface area contributed by atoms with Crippen molar-refractivity contribution >= 4 is 11.0 Å². The molecule has 20 heavy (non-hydrogen) atoms. The van der Waals surface area contributed by atoms with Crippen LogP contribution in [0, 0.1) is 0 Å². The molecule has 0 fully saturated rings. The van der Waals surface area contributed by atoms with Gasteiger partial charge in [-0.25, -0.2) is 0 Å². The van der Waals surface area contributed by atoms with E-state index in [1.807, 2.05) is 19.2 Å². The lowest BCUT2D eigenvalue weighted by molar-refractivity contribution is 0.278. The third-order valence-electron chi connectivity index (χ3n) is 3.44. The number of furan rings is 1. The molecule has 0 aliphatic carbocycles. The summed E-state index contributed by atoms with van der Waals surface area (Å²) in [6, 6.07) is 8.24. The lowest BCUT2D eigenvalue weighted by atomic mass is 10.1. The zero-order chi connectivity index (χ0) is 14.5. The Labute approximate surface area is 121 Å². The van der Waals surface area contributed by atoms with Crippen LogP contribution in [0.15, 0.2) is 40.8 Å². The van der Waals surface area contributed by atoms with Crippen molar-refractivity contribution in [2.24, 2.45) is 0 Å². The summed E-state index contributed by atoms with van der Waals surface area (Å²) in [4.78, 5) is 2.35. The lowest BCUT2D eigenvalue weighted by Crippen LogP contribution is -2.25. The van der Waals surface area contributed by atoms with Crippen LogP contribution in [0.5, 0.6) is 0 Å². The Hall–Kier alpha value is -1.58. The molecule has 0 atom stereocenters. The number of likely N-dealkylation sites (N-methyl/N-ethyl adjacent to an activating group) is 1. The standard InChI is InChI=1S/C17H24N2O/c1-5-19(11-13(2)3)12-17-15(10-18-4)14-8-6-7-9-16(14)20-17/h6-9,18H,2,5,10-12H2,1,3-4H3. The molecule has 0 saturated heterocycles. The minimum atomic E-state index is 0.828. The van der Waals surface area contributed by atoms with Crippen LogP contribution in [0.3, 0.4) is 0 Å². The number of hydrogen-bond donors (Lipinski definition) is 1. The van der Waals surface area contributed by atoms with Crippen LogP contribution in [-0.2, 0) is 13.1 Å². The number of fused-ring (bicyclic) bond motifs is 1. The van der Waals surface area contributed by atoms with Gasteiger partial charge >= 0.3 is 0 Å². The van der Waals surface area contributed by atoms with Gasteiger partial charge in [-0.3, -0.25) is 4.90 Å². The molecule has 3 nitrogen and oxygen atoms in total. The monoisotopic (exact) mass is 272 g/mol. The molecule has 1 aromatic heterocycles. The van der Waals surface area contributed by atoms with Crippen molar-refractivity contribution in [2.75, 3.05) is 20.1 Å². The maximum atomic E-state index is 6.05. The molecule has 2 aromatic rings. The molecule has 108 valence electrons. The number of rotatable bonds is 7. The largest absolute Gasteiger partial charge is 0.459 e. The summed E-state index contributed by atoms with van der Waals surface area (Å²) in [5.74, 6) is 1.06. The summed E-state index contributed by atoms with van der Waals surface area (Å²) in [6.45, 7) is 11.8. The van der Waals surface area contributed by atoms with Crippen LogP contribution < -0.4 is 5.32 Å². The molecule has 3 heteroatoms. The highest BCUT2D eigenvalue weighted by Crippen LogP contribution is 2.27. The highest BCUT2D eigenvalue weighted by Gasteiger charge is 2.15. The molecule has 0 unspecified atom stereocenters. The number of benzene rings is 1. The van der Waals surface area contributed by atoms with E-state index in [0.29, 0.717) is 0 Å². The van der Waals surface area contributed by atoms with E-state index >= 15 is 0 Å². The molecule has 0 aliphatic rings. The Morgan fingerprint density at radius 2 is 2.10 bits per heavy atom. The fourth-order valence-corrected chi connectivity index (χ4v) is 2.51. The SMILES string of the molecule is C=C(C)CN(CC)Cc1oc2ccccc2c1CNC. The smallest absolute Gasteiger partial charge is 0.134 e. The van der Waals surface area contributed by atoms with Crippen molar-refractivity contribution < 1.29 is 4.42 Å². The number of para-hydroxylation sites is 1. The predicted molar refractivity (Wildman–Crippen MR) is 84.7 cm³/mol. The van der Waals surface area contributed by atoms with E-state index in [1.165, 1.54) is 16.5 Å². The molecule has 0 spiro atoms. The van der Waals surface area contributed by atoms with Gasteiger partial charge in [-0.05, 0) is 26.6 Å². The highest BCUT2D eigenvalue weighted by molar-refractivity contribution is 5.82. The summed E-state index contributed by atoms with van der Waals surface area (Å²) in [7, 11) is 1.97. The Kier molecular flexibility index (Phi) is 4.99. The van der Waals surface area contributed by atoms with Crippen LogP contribution in [-0.4, -0.2) is 25.0 Å². The topological polar surface area (TPSA) is 28.4 Å². The second-order valence-electron chi connectivity index (χ2n) is 5.29. The van der Waals surface area contributed by atoms with E-state index in [-0.39, 0.29) is 0 Å². The van der Waals surface area contributed by atoms with Gasteiger partial charge in [-0.2, -0.15) is 0 Å². The Morgan fingerprint density at radius 1 is 1.35 bits per heavy atom. The Morgan fingerprint density at radius 3 is 2.75 bits per heavy atom. The molecule has 2 rings (SSSR count). The van der Waals surface area contributed by atoms with Gasteiger partial charge in [0.1, 0.15) is 11.3 Å². The van der Waals surface area contributed by atoms with E-state index < -0.39 is 0 Å². The van der Waals surface area contributed by atoms with Gasteiger partial charge < -0.3 is 9.73 Å². The van der Waals surface area contributed by atoms with Gasteiger partial charge in [0.05, 0.1) is 6.54 Å². The molecule has 0 bridgehead atoms. The molecule has 0 saturated carbocycles. The molecule has 1 heterocycles.